The van der Waals surface area contributed by atoms with E-state index < -0.39 is 17.5 Å². The van der Waals surface area contributed by atoms with Gasteiger partial charge in [0.05, 0.1) is 0 Å². The van der Waals surface area contributed by atoms with E-state index in [9.17, 15) is 13.2 Å². The van der Waals surface area contributed by atoms with Gasteiger partial charge in [-0.15, -0.1) is 0 Å². The molecule has 0 saturated carbocycles. The zero-order chi connectivity index (χ0) is 12.1. The Morgan fingerprint density at radius 3 is 2.25 bits per heavy atom. The van der Waals surface area contributed by atoms with Crippen molar-refractivity contribution in [2.45, 2.75) is 19.4 Å². The summed E-state index contributed by atoms with van der Waals surface area (Å²) in [4.78, 5) is 0. The Bertz CT molecular complexity index is 332. The largest absolute Gasteiger partial charge is 0.329 e. The first-order chi connectivity index (χ1) is 7.60. The van der Waals surface area contributed by atoms with Crippen molar-refractivity contribution < 1.29 is 13.2 Å². The van der Waals surface area contributed by atoms with Gasteiger partial charge < -0.3 is 11.1 Å². The highest BCUT2D eigenvalue weighted by Gasteiger charge is 2.15. The summed E-state index contributed by atoms with van der Waals surface area (Å²) in [6, 6.07) is 1.58. The quantitative estimate of drug-likeness (QED) is 0.763. The first-order valence-electron chi connectivity index (χ1n) is 5.18. The Morgan fingerprint density at radius 2 is 1.81 bits per heavy atom. The van der Waals surface area contributed by atoms with Gasteiger partial charge in [-0.1, -0.05) is 6.92 Å². The number of nitrogens with one attached hydrogen (secondary N) is 1. The molecule has 2 nitrogen and oxygen atoms in total. The third-order valence-electron chi connectivity index (χ3n) is 2.28. The van der Waals surface area contributed by atoms with Gasteiger partial charge in [0.25, 0.3) is 0 Å². The average molecular weight is 232 g/mol. The van der Waals surface area contributed by atoms with Crippen molar-refractivity contribution in [3.63, 3.8) is 0 Å². The van der Waals surface area contributed by atoms with Gasteiger partial charge in [-0.25, -0.2) is 13.2 Å². The van der Waals surface area contributed by atoms with E-state index in [1.165, 1.54) is 0 Å². The maximum Gasteiger partial charge on any atom is 0.194 e. The molecule has 16 heavy (non-hydrogen) atoms. The Kier molecular flexibility index (Phi) is 4.76. The molecule has 0 aliphatic carbocycles. The van der Waals surface area contributed by atoms with Gasteiger partial charge in [-0.05, 0) is 30.7 Å². The van der Waals surface area contributed by atoms with Crippen LogP contribution in [0.5, 0.6) is 0 Å². The predicted octanol–water partition coefficient (Wildman–Crippen LogP) is 2.10. The molecule has 90 valence electrons. The molecule has 1 aromatic rings. The minimum Gasteiger partial charge on any atom is -0.329 e. The zero-order valence-electron chi connectivity index (χ0n) is 9.06. The van der Waals surface area contributed by atoms with E-state index in [2.05, 4.69) is 5.32 Å². The first kappa shape index (κ1) is 13.0. The van der Waals surface area contributed by atoms with Crippen LogP contribution in [0.3, 0.4) is 0 Å². The van der Waals surface area contributed by atoms with Gasteiger partial charge in [0.2, 0.25) is 0 Å². The lowest BCUT2D eigenvalue weighted by molar-refractivity contribution is 0.439. The maximum absolute atomic E-state index is 13.0. The smallest absolute Gasteiger partial charge is 0.194 e. The molecule has 0 saturated heterocycles. The summed E-state index contributed by atoms with van der Waals surface area (Å²) in [5.74, 6) is -3.83. The van der Waals surface area contributed by atoms with Gasteiger partial charge in [0, 0.05) is 12.6 Å². The maximum atomic E-state index is 13.0. The fourth-order valence-electron chi connectivity index (χ4n) is 1.43. The number of rotatable bonds is 5. The number of halogens is 3. The summed E-state index contributed by atoms with van der Waals surface area (Å²) in [5.41, 5.74) is 5.81. The Balaban J connectivity index is 2.92. The average Bonchev–Trinajstić information content (AvgIpc) is 2.26. The number of nitrogens with two attached hydrogens (primary N) is 1. The summed E-state index contributed by atoms with van der Waals surface area (Å²) in [6.45, 7) is 2.85. The normalized spacial score (nSPS) is 12.8. The van der Waals surface area contributed by atoms with Gasteiger partial charge >= 0.3 is 0 Å². The molecule has 1 rings (SSSR count). The molecule has 1 unspecified atom stereocenters. The molecule has 3 N–H and O–H groups in total. The van der Waals surface area contributed by atoms with Crippen LogP contribution >= 0.6 is 0 Å². The van der Waals surface area contributed by atoms with E-state index in [0.717, 1.165) is 18.6 Å². The minimum absolute atomic E-state index is 0.199. The second-order valence-electron chi connectivity index (χ2n) is 3.54. The molecule has 0 fully saturated rings. The van der Waals surface area contributed by atoms with Crippen LogP contribution in [0.4, 0.5) is 13.2 Å². The first-order valence-corrected chi connectivity index (χ1v) is 5.18. The monoisotopic (exact) mass is 232 g/mol. The molecule has 0 amide bonds. The van der Waals surface area contributed by atoms with Gasteiger partial charge in [-0.3, -0.25) is 0 Å². The highest BCUT2D eigenvalue weighted by atomic mass is 19.2. The fourth-order valence-corrected chi connectivity index (χ4v) is 1.43. The van der Waals surface area contributed by atoms with Gasteiger partial charge in [0.15, 0.2) is 17.5 Å². The molecule has 0 spiro atoms. The van der Waals surface area contributed by atoms with E-state index in [4.69, 9.17) is 5.73 Å². The fraction of sp³-hybridized carbons (Fsp3) is 0.455. The molecular weight excluding hydrogens is 217 g/mol. The van der Waals surface area contributed by atoms with Gasteiger partial charge in [-0.2, -0.15) is 0 Å². The van der Waals surface area contributed by atoms with Crippen LogP contribution in [-0.4, -0.2) is 13.1 Å². The van der Waals surface area contributed by atoms with Crippen molar-refractivity contribution in [3.05, 3.63) is 35.1 Å². The van der Waals surface area contributed by atoms with E-state index >= 15 is 0 Å². The minimum atomic E-state index is -1.45. The third-order valence-corrected chi connectivity index (χ3v) is 2.28. The second kappa shape index (κ2) is 5.86. The van der Waals surface area contributed by atoms with Crippen molar-refractivity contribution in [1.82, 2.24) is 5.32 Å². The summed E-state index contributed by atoms with van der Waals surface area (Å²) in [5, 5.41) is 3.03. The van der Waals surface area contributed by atoms with Gasteiger partial charge in [0.1, 0.15) is 0 Å². The predicted molar refractivity (Wildman–Crippen MR) is 56.4 cm³/mol. The van der Waals surface area contributed by atoms with E-state index in [1.807, 2.05) is 6.92 Å². The second-order valence-corrected chi connectivity index (χ2v) is 3.54. The molecule has 1 atom stereocenters. The van der Waals surface area contributed by atoms with Crippen LogP contribution in [0.2, 0.25) is 0 Å². The zero-order valence-corrected chi connectivity index (χ0v) is 9.06. The van der Waals surface area contributed by atoms with E-state index in [-0.39, 0.29) is 12.6 Å². The SMILES string of the molecule is CCCNC(CN)c1cc(F)c(F)c(F)c1. The molecule has 0 aliphatic rings. The Hall–Kier alpha value is -1.07. The lowest BCUT2D eigenvalue weighted by Gasteiger charge is -2.17. The van der Waals surface area contributed by atoms with Crippen LogP contribution in [0.15, 0.2) is 12.1 Å². The molecule has 0 aliphatic heterocycles. The van der Waals surface area contributed by atoms with Crippen molar-refractivity contribution in [2.75, 3.05) is 13.1 Å². The lowest BCUT2D eigenvalue weighted by atomic mass is 10.1. The molecule has 1 aromatic carbocycles. The van der Waals surface area contributed by atoms with Crippen LogP contribution in [0, 0.1) is 17.5 Å². The molecular formula is C11H15F3N2. The van der Waals surface area contributed by atoms with Crippen LogP contribution < -0.4 is 11.1 Å². The summed E-state index contributed by atoms with van der Waals surface area (Å²) >= 11 is 0. The summed E-state index contributed by atoms with van der Waals surface area (Å²) in [6.07, 6.45) is 0.878. The topological polar surface area (TPSA) is 38.0 Å². The number of hydrogen-bond acceptors (Lipinski definition) is 2. The molecule has 0 aromatic heterocycles. The highest BCUT2D eigenvalue weighted by molar-refractivity contribution is 5.23. The molecule has 0 radical (unpaired) electrons. The third kappa shape index (κ3) is 2.96. The number of hydrogen-bond donors (Lipinski definition) is 2. The number of benzene rings is 1. The Labute approximate surface area is 92.6 Å². The van der Waals surface area contributed by atoms with E-state index in [0.29, 0.717) is 12.1 Å². The molecule has 5 heteroatoms. The standard InChI is InChI=1S/C11H15F3N2/c1-2-3-16-10(6-15)7-4-8(12)11(14)9(13)5-7/h4-5,10,16H,2-3,6,15H2,1H3. The molecule has 0 heterocycles. The van der Waals surface area contributed by atoms with Crippen molar-refractivity contribution in [2.24, 2.45) is 5.73 Å². The molecule has 0 bridgehead atoms. The van der Waals surface area contributed by atoms with Crippen LogP contribution in [-0.2, 0) is 0 Å². The summed E-state index contributed by atoms with van der Waals surface area (Å²) in [7, 11) is 0. The van der Waals surface area contributed by atoms with Crippen molar-refractivity contribution >= 4 is 0 Å². The highest BCUT2D eigenvalue weighted by Crippen LogP contribution is 2.18. The van der Waals surface area contributed by atoms with Crippen LogP contribution in [0.25, 0.3) is 0 Å². The van der Waals surface area contributed by atoms with Crippen molar-refractivity contribution in [3.8, 4) is 0 Å². The van der Waals surface area contributed by atoms with Crippen molar-refractivity contribution in [1.29, 1.82) is 0 Å². The van der Waals surface area contributed by atoms with Crippen LogP contribution in [0.1, 0.15) is 24.9 Å². The summed E-state index contributed by atoms with van der Waals surface area (Å²) < 4.78 is 38.7. The Morgan fingerprint density at radius 1 is 1.25 bits per heavy atom. The van der Waals surface area contributed by atoms with E-state index in [1.54, 1.807) is 0 Å². The lowest BCUT2D eigenvalue weighted by Crippen LogP contribution is -2.29.